The first-order chi connectivity index (χ1) is 20.4. The highest BCUT2D eigenvalue weighted by Crippen LogP contribution is 2.23. The number of amides is 5. The second-order valence-electron chi connectivity index (χ2n) is 11.6. The summed E-state index contributed by atoms with van der Waals surface area (Å²) >= 11 is 1.52. The summed E-state index contributed by atoms with van der Waals surface area (Å²) in [5, 5.41) is 8.38. The molecule has 2 rings (SSSR count). The number of nitrogens with one attached hydrogen (secondary N) is 3. The topological polar surface area (TPSA) is 154 Å². The van der Waals surface area contributed by atoms with Gasteiger partial charge in [0, 0.05) is 26.6 Å². The number of esters is 1. The molecule has 43 heavy (non-hydrogen) atoms. The highest BCUT2D eigenvalue weighted by Gasteiger charge is 2.42. The molecule has 0 radical (unpaired) electrons. The molecule has 242 valence electrons. The zero-order valence-corrected chi connectivity index (χ0v) is 27.2. The Labute approximate surface area is 259 Å². The van der Waals surface area contributed by atoms with Crippen molar-refractivity contribution < 1.29 is 33.5 Å². The van der Waals surface area contributed by atoms with Gasteiger partial charge in [-0.1, -0.05) is 40.2 Å². The van der Waals surface area contributed by atoms with Gasteiger partial charge in [-0.25, -0.2) is 0 Å². The molecule has 2 aliphatic rings. The molecule has 0 aromatic heterocycles. The van der Waals surface area contributed by atoms with E-state index in [2.05, 4.69) is 22.5 Å². The SMILES string of the molecule is C=CCC1OC(=O)CCNC(=O)[C@H](CCSC)NC(=O)[C@H](C(C)C)N(C)C(=O)[C@H]([C@@H](C)CC)NC(=O)[C@@H]2CCCN2C1=O. The normalized spacial score (nSPS) is 27.7. The van der Waals surface area contributed by atoms with Crippen molar-refractivity contribution in [3.05, 3.63) is 12.7 Å². The van der Waals surface area contributed by atoms with Crippen molar-refractivity contribution in [3.63, 3.8) is 0 Å². The smallest absolute Gasteiger partial charge is 0.308 e. The van der Waals surface area contributed by atoms with Gasteiger partial charge in [-0.3, -0.25) is 28.8 Å². The Morgan fingerprint density at radius 3 is 2.35 bits per heavy atom. The number of hydrogen-bond donors (Lipinski definition) is 3. The van der Waals surface area contributed by atoms with Gasteiger partial charge in [-0.05, 0) is 43.1 Å². The fourth-order valence-corrected chi connectivity index (χ4v) is 5.92. The van der Waals surface area contributed by atoms with Gasteiger partial charge in [0.1, 0.15) is 24.2 Å². The van der Waals surface area contributed by atoms with E-state index < -0.39 is 65.8 Å². The third-order valence-electron chi connectivity index (χ3n) is 8.08. The maximum absolute atomic E-state index is 13.9. The van der Waals surface area contributed by atoms with Crippen molar-refractivity contribution in [2.45, 2.75) is 96.5 Å². The maximum Gasteiger partial charge on any atom is 0.308 e. The Hall–Kier alpha value is -3.09. The quantitative estimate of drug-likeness (QED) is 0.270. The predicted molar refractivity (Wildman–Crippen MR) is 165 cm³/mol. The van der Waals surface area contributed by atoms with Gasteiger partial charge in [0.2, 0.25) is 23.6 Å². The summed E-state index contributed by atoms with van der Waals surface area (Å²) in [6, 6.07) is -3.60. The van der Waals surface area contributed by atoms with Crippen molar-refractivity contribution in [1.29, 1.82) is 0 Å². The Kier molecular flexibility index (Phi) is 14.5. The number of thioether (sulfide) groups is 1. The molecule has 2 heterocycles. The Morgan fingerprint density at radius 1 is 1.05 bits per heavy atom. The van der Waals surface area contributed by atoms with E-state index in [1.165, 1.54) is 34.7 Å². The predicted octanol–water partition coefficient (Wildman–Crippen LogP) is 1.24. The lowest BCUT2D eigenvalue weighted by molar-refractivity contribution is -0.161. The van der Waals surface area contributed by atoms with Crippen LogP contribution in [0.4, 0.5) is 0 Å². The van der Waals surface area contributed by atoms with E-state index in [1.54, 1.807) is 0 Å². The minimum atomic E-state index is -1.17. The van der Waals surface area contributed by atoms with Crippen LogP contribution in [0.5, 0.6) is 0 Å². The lowest BCUT2D eigenvalue weighted by atomic mass is 9.94. The largest absolute Gasteiger partial charge is 0.452 e. The van der Waals surface area contributed by atoms with Crippen molar-refractivity contribution in [2.24, 2.45) is 11.8 Å². The van der Waals surface area contributed by atoms with Crippen LogP contribution >= 0.6 is 11.8 Å². The third-order valence-corrected chi connectivity index (χ3v) is 8.73. The molecule has 0 spiro atoms. The zero-order valence-electron chi connectivity index (χ0n) is 26.4. The molecule has 5 amide bonds. The van der Waals surface area contributed by atoms with Crippen molar-refractivity contribution in [1.82, 2.24) is 25.8 Å². The average molecular weight is 624 g/mol. The van der Waals surface area contributed by atoms with Crippen LogP contribution in [0, 0.1) is 11.8 Å². The van der Waals surface area contributed by atoms with Gasteiger partial charge >= 0.3 is 5.97 Å². The number of cyclic esters (lactones) is 1. The molecule has 6 atom stereocenters. The number of carbonyl (C=O) groups excluding carboxylic acids is 6. The lowest BCUT2D eigenvalue weighted by Gasteiger charge is -2.36. The molecule has 2 fully saturated rings. The van der Waals surface area contributed by atoms with E-state index in [1.807, 2.05) is 34.0 Å². The molecule has 0 aromatic rings. The van der Waals surface area contributed by atoms with Gasteiger partial charge in [-0.2, -0.15) is 11.8 Å². The number of hydrogen-bond acceptors (Lipinski definition) is 8. The molecular formula is C30H49N5O7S. The minimum absolute atomic E-state index is 0.0555. The molecule has 13 heteroatoms. The third kappa shape index (κ3) is 9.70. The van der Waals surface area contributed by atoms with E-state index in [0.29, 0.717) is 38.0 Å². The van der Waals surface area contributed by atoms with Crippen LogP contribution in [-0.4, -0.2) is 108 Å². The highest BCUT2D eigenvalue weighted by molar-refractivity contribution is 7.98. The van der Waals surface area contributed by atoms with E-state index in [9.17, 15) is 28.8 Å². The number of fused-ring (bicyclic) bond motifs is 1. The number of likely N-dealkylation sites (N-methyl/N-ethyl adjacent to an activating group) is 1. The van der Waals surface area contributed by atoms with Crippen LogP contribution in [-0.2, 0) is 33.5 Å². The number of nitrogens with zero attached hydrogens (tertiary/aromatic N) is 2. The van der Waals surface area contributed by atoms with Crippen LogP contribution in [0.2, 0.25) is 0 Å². The molecule has 0 bridgehead atoms. The summed E-state index contributed by atoms with van der Waals surface area (Å²) in [7, 11) is 1.53. The van der Waals surface area contributed by atoms with E-state index in [-0.39, 0.29) is 31.2 Å². The molecule has 12 nitrogen and oxygen atoms in total. The fraction of sp³-hybridized carbons (Fsp3) is 0.733. The van der Waals surface area contributed by atoms with Crippen LogP contribution < -0.4 is 16.0 Å². The Bertz CT molecular complexity index is 1040. The van der Waals surface area contributed by atoms with E-state index in [4.69, 9.17) is 4.74 Å². The van der Waals surface area contributed by atoms with Crippen molar-refractivity contribution >= 4 is 47.3 Å². The van der Waals surface area contributed by atoms with Gasteiger partial charge in [0.15, 0.2) is 6.10 Å². The minimum Gasteiger partial charge on any atom is -0.452 e. The summed E-state index contributed by atoms with van der Waals surface area (Å²) in [5.41, 5.74) is 0. The van der Waals surface area contributed by atoms with Crippen LogP contribution in [0.1, 0.15) is 66.2 Å². The standard InChI is InChI=1S/C30H49N5O7S/c1-8-11-22-29(40)35-16-10-12-21(35)27(38)33-24(19(5)9-2)30(41)34(6)25(18(3)4)28(39)32-20(14-17-43-7)26(37)31-15-13-23(36)42-22/h8,18-22,24-25H,1,9-17H2,2-7H3,(H,31,37)(H,32,39)(H,33,38)/t19-,20-,21-,22?,24-,25-/m0/s1. The van der Waals surface area contributed by atoms with Crippen LogP contribution in [0.15, 0.2) is 12.7 Å². The van der Waals surface area contributed by atoms with Crippen molar-refractivity contribution in [3.8, 4) is 0 Å². The summed E-state index contributed by atoms with van der Waals surface area (Å²) in [6.45, 7) is 11.3. The van der Waals surface area contributed by atoms with Crippen LogP contribution in [0.3, 0.4) is 0 Å². The maximum atomic E-state index is 13.9. The second kappa shape index (κ2) is 17.3. The number of rotatable bonds is 8. The monoisotopic (exact) mass is 623 g/mol. The van der Waals surface area contributed by atoms with Gasteiger partial charge in [0.05, 0.1) is 6.42 Å². The fourth-order valence-electron chi connectivity index (χ4n) is 5.44. The average Bonchev–Trinajstić information content (AvgIpc) is 3.46. The zero-order chi connectivity index (χ0) is 32.3. The molecule has 2 aliphatic heterocycles. The summed E-state index contributed by atoms with van der Waals surface area (Å²) in [6.07, 6.45) is 3.92. The first kappa shape index (κ1) is 36.1. The van der Waals surface area contributed by atoms with Crippen LogP contribution in [0.25, 0.3) is 0 Å². The Morgan fingerprint density at radius 2 is 1.74 bits per heavy atom. The lowest BCUT2D eigenvalue weighted by Crippen LogP contribution is -2.61. The second-order valence-corrected chi connectivity index (χ2v) is 12.6. The summed E-state index contributed by atoms with van der Waals surface area (Å²) in [5.74, 6) is -3.05. The summed E-state index contributed by atoms with van der Waals surface area (Å²) < 4.78 is 5.49. The molecule has 0 aliphatic carbocycles. The van der Waals surface area contributed by atoms with E-state index >= 15 is 0 Å². The highest BCUT2D eigenvalue weighted by atomic mass is 32.2. The molecule has 3 N–H and O–H groups in total. The molecule has 0 saturated carbocycles. The number of ether oxygens (including phenoxy) is 1. The summed E-state index contributed by atoms with van der Waals surface area (Å²) in [4.78, 5) is 83.2. The van der Waals surface area contributed by atoms with E-state index in [0.717, 1.165) is 0 Å². The Balaban J connectivity index is 2.52. The van der Waals surface area contributed by atoms with Gasteiger partial charge in [-0.15, -0.1) is 6.58 Å². The molecule has 2 saturated heterocycles. The van der Waals surface area contributed by atoms with Gasteiger partial charge in [0.25, 0.3) is 5.91 Å². The molecule has 1 unspecified atom stereocenters. The molecular weight excluding hydrogens is 574 g/mol. The first-order valence-electron chi connectivity index (χ1n) is 15.1. The first-order valence-corrected chi connectivity index (χ1v) is 16.5. The number of carbonyl (C=O) groups is 6. The molecule has 0 aromatic carbocycles. The van der Waals surface area contributed by atoms with Gasteiger partial charge < -0.3 is 30.5 Å². The van der Waals surface area contributed by atoms with Crippen molar-refractivity contribution in [2.75, 3.05) is 32.1 Å².